The van der Waals surface area contributed by atoms with Crippen LogP contribution < -0.4 is 5.32 Å². The summed E-state index contributed by atoms with van der Waals surface area (Å²) in [5, 5.41) is 5.27. The third kappa shape index (κ3) is 4.39. The predicted molar refractivity (Wildman–Crippen MR) is 142 cm³/mol. The zero-order valence-electron chi connectivity index (χ0n) is 21.0. The van der Waals surface area contributed by atoms with Gasteiger partial charge in [0.1, 0.15) is 17.7 Å². The monoisotopic (exact) mass is 493 g/mol. The summed E-state index contributed by atoms with van der Waals surface area (Å²) < 4.78 is 1.92. The molecule has 1 N–H and O–H groups in total. The van der Waals surface area contributed by atoms with Crippen LogP contribution in [-0.2, 0) is 11.3 Å². The van der Waals surface area contributed by atoms with E-state index in [0.717, 1.165) is 60.1 Å². The molecule has 1 aliphatic carbocycles. The van der Waals surface area contributed by atoms with Gasteiger partial charge in [-0.3, -0.25) is 14.2 Å². The first-order chi connectivity index (χ1) is 18.1. The fourth-order valence-electron chi connectivity index (χ4n) is 6.14. The lowest BCUT2D eigenvalue weighted by molar-refractivity contribution is -0.125. The molecule has 7 nitrogen and oxygen atoms in total. The first-order valence-electron chi connectivity index (χ1n) is 13.1. The van der Waals surface area contributed by atoms with Gasteiger partial charge in [-0.15, -0.1) is 0 Å². The van der Waals surface area contributed by atoms with E-state index in [2.05, 4.69) is 15.3 Å². The largest absolute Gasteiger partial charge is 0.350 e. The summed E-state index contributed by atoms with van der Waals surface area (Å²) in [5.74, 6) is 1.81. The number of aromatic nitrogens is 3. The van der Waals surface area contributed by atoms with E-state index in [1.807, 2.05) is 77.2 Å². The molecule has 0 spiro atoms. The van der Waals surface area contributed by atoms with Gasteiger partial charge in [0, 0.05) is 42.3 Å². The highest BCUT2D eigenvalue weighted by Gasteiger charge is 2.47. The van der Waals surface area contributed by atoms with Crippen LogP contribution in [0.25, 0.3) is 16.6 Å². The molecule has 2 aromatic heterocycles. The van der Waals surface area contributed by atoms with Crippen molar-refractivity contribution in [2.75, 3.05) is 0 Å². The molecule has 2 aliphatic rings. The van der Waals surface area contributed by atoms with Gasteiger partial charge >= 0.3 is 0 Å². The normalized spacial score (nSPS) is 21.1. The second-order valence-electron chi connectivity index (χ2n) is 10.2. The summed E-state index contributed by atoms with van der Waals surface area (Å²) in [6.07, 6.45) is 10.4. The van der Waals surface area contributed by atoms with E-state index in [4.69, 9.17) is 0 Å². The molecule has 2 aromatic carbocycles. The molecule has 0 bridgehead atoms. The number of fused-ring (bicyclic) bond motifs is 2. The van der Waals surface area contributed by atoms with Gasteiger partial charge in [0.05, 0.1) is 0 Å². The summed E-state index contributed by atoms with van der Waals surface area (Å²) in [5.41, 5.74) is 1.55. The number of benzene rings is 2. The van der Waals surface area contributed by atoms with Gasteiger partial charge in [0.2, 0.25) is 5.91 Å². The highest BCUT2D eigenvalue weighted by atomic mass is 16.2. The molecule has 7 heteroatoms. The average molecular weight is 494 g/mol. The fraction of sp³-hybridized carbons (Fsp3) is 0.333. The Morgan fingerprint density at radius 1 is 0.973 bits per heavy atom. The minimum absolute atomic E-state index is 0.0450. The van der Waals surface area contributed by atoms with E-state index in [0.29, 0.717) is 18.0 Å². The maximum absolute atomic E-state index is 13.9. The van der Waals surface area contributed by atoms with Gasteiger partial charge in [-0.2, -0.15) is 0 Å². The van der Waals surface area contributed by atoms with Gasteiger partial charge in [0.25, 0.3) is 5.91 Å². The highest BCUT2D eigenvalue weighted by molar-refractivity contribution is 6.01. The Morgan fingerprint density at radius 3 is 2.65 bits per heavy atom. The average Bonchev–Trinajstić information content (AvgIpc) is 3.54. The second-order valence-corrected chi connectivity index (χ2v) is 10.2. The number of carbonyl (C=O) groups is 2. The van der Waals surface area contributed by atoms with Crippen molar-refractivity contribution in [3.63, 3.8) is 0 Å². The lowest BCUT2D eigenvalue weighted by Gasteiger charge is -2.33. The number of pyridine rings is 1. The summed E-state index contributed by atoms with van der Waals surface area (Å²) in [7, 11) is 0. The Kier molecular flexibility index (Phi) is 6.20. The van der Waals surface area contributed by atoms with E-state index >= 15 is 0 Å². The molecule has 1 saturated carbocycles. The lowest BCUT2D eigenvalue weighted by atomic mass is 9.84. The van der Waals surface area contributed by atoms with Crippen LogP contribution in [0.5, 0.6) is 0 Å². The first kappa shape index (κ1) is 23.4. The maximum Gasteiger partial charge on any atom is 0.254 e. The molecule has 188 valence electrons. The standard InChI is InChI=1S/C30H31N5O2/c1-20-31-15-16-34(20)28-25(10-6-14-32-28)19-33-29(36)27-18-23-9-4-5-11-26(23)35(27)30(37)24-13-12-21-7-2-3-8-22(21)17-24/h2-3,6-8,10,12-17,23,26-27H,4-5,9,11,18-19H2,1H3,(H,33,36)/t23-,26-,27-/m0/s1. The molecular weight excluding hydrogens is 462 g/mol. The molecule has 6 rings (SSSR count). The number of amides is 2. The minimum atomic E-state index is -0.470. The fourth-order valence-corrected chi connectivity index (χ4v) is 6.14. The maximum atomic E-state index is 13.9. The first-order valence-corrected chi connectivity index (χ1v) is 13.1. The number of carbonyl (C=O) groups excluding carboxylic acids is 2. The van der Waals surface area contributed by atoms with Crippen molar-refractivity contribution < 1.29 is 9.59 Å². The van der Waals surface area contributed by atoms with Crippen LogP contribution in [-0.4, -0.2) is 43.3 Å². The van der Waals surface area contributed by atoms with Gasteiger partial charge < -0.3 is 10.2 Å². The number of nitrogens with one attached hydrogen (secondary N) is 1. The van der Waals surface area contributed by atoms with Gasteiger partial charge in [0.15, 0.2) is 0 Å². The Bertz CT molecular complexity index is 1460. The van der Waals surface area contributed by atoms with Crippen molar-refractivity contribution in [3.8, 4) is 5.82 Å². The Labute approximate surface area is 216 Å². The number of hydrogen-bond donors (Lipinski definition) is 1. The van der Waals surface area contributed by atoms with E-state index in [-0.39, 0.29) is 17.9 Å². The van der Waals surface area contributed by atoms with Crippen molar-refractivity contribution in [3.05, 3.63) is 90.1 Å². The number of rotatable bonds is 5. The molecule has 2 fully saturated rings. The third-order valence-electron chi connectivity index (χ3n) is 8.00. The predicted octanol–water partition coefficient (Wildman–Crippen LogP) is 4.82. The molecule has 4 aromatic rings. The number of likely N-dealkylation sites (tertiary alicyclic amines) is 1. The van der Waals surface area contributed by atoms with Crippen LogP contribution in [0.15, 0.2) is 73.2 Å². The molecule has 37 heavy (non-hydrogen) atoms. The molecular formula is C30H31N5O2. The molecule has 1 saturated heterocycles. The van der Waals surface area contributed by atoms with Crippen LogP contribution in [0.4, 0.5) is 0 Å². The van der Waals surface area contributed by atoms with Crippen molar-refractivity contribution >= 4 is 22.6 Å². The van der Waals surface area contributed by atoms with Gasteiger partial charge in [-0.1, -0.05) is 49.2 Å². The quantitative estimate of drug-likeness (QED) is 0.432. The SMILES string of the molecule is Cc1nccn1-c1ncccc1CNC(=O)[C@@H]1C[C@@H]2CCCC[C@@H]2N1C(=O)c1ccc2ccccc2c1. The van der Waals surface area contributed by atoms with Crippen molar-refractivity contribution in [2.45, 2.75) is 57.7 Å². The zero-order chi connectivity index (χ0) is 25.4. The molecule has 0 unspecified atom stereocenters. The molecule has 1 aliphatic heterocycles. The molecule has 3 heterocycles. The van der Waals surface area contributed by atoms with E-state index in [1.54, 1.807) is 12.4 Å². The summed E-state index contributed by atoms with van der Waals surface area (Å²) in [6, 6.07) is 17.4. The number of nitrogens with zero attached hydrogens (tertiary/aromatic N) is 4. The van der Waals surface area contributed by atoms with Gasteiger partial charge in [-0.05, 0) is 61.1 Å². The van der Waals surface area contributed by atoms with Crippen LogP contribution in [0.2, 0.25) is 0 Å². The molecule has 0 radical (unpaired) electrons. The smallest absolute Gasteiger partial charge is 0.254 e. The summed E-state index contributed by atoms with van der Waals surface area (Å²) in [4.78, 5) is 38.3. The highest BCUT2D eigenvalue weighted by Crippen LogP contribution is 2.40. The number of hydrogen-bond acceptors (Lipinski definition) is 4. The topological polar surface area (TPSA) is 80.1 Å². The Hall–Kier alpha value is -4.00. The minimum Gasteiger partial charge on any atom is -0.350 e. The van der Waals surface area contributed by atoms with E-state index < -0.39 is 6.04 Å². The summed E-state index contributed by atoms with van der Waals surface area (Å²) >= 11 is 0. The zero-order valence-corrected chi connectivity index (χ0v) is 21.0. The van der Waals surface area contributed by atoms with Crippen molar-refractivity contribution in [1.29, 1.82) is 0 Å². The van der Waals surface area contributed by atoms with Crippen LogP contribution in [0.3, 0.4) is 0 Å². The Morgan fingerprint density at radius 2 is 1.81 bits per heavy atom. The molecule has 3 atom stereocenters. The van der Waals surface area contributed by atoms with Crippen LogP contribution >= 0.6 is 0 Å². The van der Waals surface area contributed by atoms with Crippen molar-refractivity contribution in [2.24, 2.45) is 5.92 Å². The molecule has 2 amide bonds. The summed E-state index contributed by atoms with van der Waals surface area (Å²) in [6.45, 7) is 2.26. The number of aryl methyl sites for hydroxylation is 1. The Balaban J connectivity index is 1.25. The van der Waals surface area contributed by atoms with E-state index in [1.165, 1.54) is 0 Å². The van der Waals surface area contributed by atoms with Crippen LogP contribution in [0, 0.1) is 12.8 Å². The third-order valence-corrected chi connectivity index (χ3v) is 8.00. The van der Waals surface area contributed by atoms with Crippen LogP contribution in [0.1, 0.15) is 53.8 Å². The van der Waals surface area contributed by atoms with Gasteiger partial charge in [-0.25, -0.2) is 9.97 Å². The number of imidazole rings is 1. The second kappa shape index (κ2) is 9.81. The van der Waals surface area contributed by atoms with E-state index in [9.17, 15) is 9.59 Å². The van der Waals surface area contributed by atoms with Crippen molar-refractivity contribution in [1.82, 2.24) is 24.8 Å². The lowest BCUT2D eigenvalue weighted by Crippen LogP contribution is -2.49.